The summed E-state index contributed by atoms with van der Waals surface area (Å²) in [5.41, 5.74) is 2.58. The fourth-order valence-electron chi connectivity index (χ4n) is 2.96. The van der Waals surface area contributed by atoms with Crippen LogP contribution in [0.15, 0.2) is 42.5 Å². The average Bonchev–Trinajstić information content (AvgIpc) is 2.88. The Morgan fingerprint density at radius 3 is 2.41 bits per heavy atom. The lowest BCUT2D eigenvalue weighted by atomic mass is 10.1. The number of rotatable bonds is 6. The number of nitrogens with zero attached hydrogens (tertiary/aromatic N) is 1. The van der Waals surface area contributed by atoms with E-state index in [1.807, 2.05) is 38.1 Å². The molecular formula is C21H21NO5. The standard InChI is InChI=1S/C21H21NO5/c1-13-5-4-6-16(11-13)26-9-10-27-21(25)15(3)22-19(23)17-8-7-14(2)12-18(17)20(22)24/h4-8,11-12,15H,9-10H2,1-3H3. The van der Waals surface area contributed by atoms with E-state index < -0.39 is 23.8 Å². The van der Waals surface area contributed by atoms with Crippen molar-refractivity contribution in [2.24, 2.45) is 0 Å². The Hall–Kier alpha value is -3.15. The molecule has 0 bridgehead atoms. The molecule has 6 nitrogen and oxygen atoms in total. The Kier molecular flexibility index (Phi) is 5.26. The molecule has 2 aromatic carbocycles. The molecule has 0 saturated heterocycles. The minimum atomic E-state index is -1.00. The van der Waals surface area contributed by atoms with Gasteiger partial charge in [0.25, 0.3) is 11.8 Å². The third-order valence-corrected chi connectivity index (χ3v) is 4.39. The van der Waals surface area contributed by atoms with Gasteiger partial charge in [0, 0.05) is 0 Å². The van der Waals surface area contributed by atoms with Crippen molar-refractivity contribution in [1.29, 1.82) is 0 Å². The quantitative estimate of drug-likeness (QED) is 0.446. The lowest BCUT2D eigenvalue weighted by molar-refractivity contribution is -0.148. The van der Waals surface area contributed by atoms with Gasteiger partial charge in [0.1, 0.15) is 25.0 Å². The molecular weight excluding hydrogens is 346 g/mol. The van der Waals surface area contributed by atoms with Gasteiger partial charge in [-0.2, -0.15) is 0 Å². The first-order valence-electron chi connectivity index (χ1n) is 8.73. The van der Waals surface area contributed by atoms with Gasteiger partial charge in [-0.25, -0.2) is 4.79 Å². The van der Waals surface area contributed by atoms with Crippen LogP contribution in [0.25, 0.3) is 0 Å². The number of fused-ring (bicyclic) bond motifs is 1. The second-order valence-corrected chi connectivity index (χ2v) is 6.54. The van der Waals surface area contributed by atoms with E-state index in [1.54, 1.807) is 18.2 Å². The summed E-state index contributed by atoms with van der Waals surface area (Å²) in [7, 11) is 0. The number of hydrogen-bond donors (Lipinski definition) is 0. The molecule has 1 aliphatic rings. The maximum Gasteiger partial charge on any atom is 0.329 e. The van der Waals surface area contributed by atoms with Crippen LogP contribution in [-0.4, -0.2) is 41.9 Å². The maximum atomic E-state index is 12.5. The molecule has 0 aromatic heterocycles. The van der Waals surface area contributed by atoms with E-state index in [1.165, 1.54) is 6.92 Å². The summed E-state index contributed by atoms with van der Waals surface area (Å²) in [6.45, 7) is 5.49. The largest absolute Gasteiger partial charge is 0.490 e. The van der Waals surface area contributed by atoms with Crippen LogP contribution < -0.4 is 4.74 Å². The SMILES string of the molecule is Cc1cccc(OCCOC(=O)C(C)N2C(=O)c3ccc(C)cc3C2=O)c1. The number of ether oxygens (including phenoxy) is 2. The second-order valence-electron chi connectivity index (χ2n) is 6.54. The third-order valence-electron chi connectivity index (χ3n) is 4.39. The smallest absolute Gasteiger partial charge is 0.329 e. The number of carbonyl (C=O) groups is 3. The van der Waals surface area contributed by atoms with Crippen LogP contribution >= 0.6 is 0 Å². The normalized spacial score (nSPS) is 14.1. The van der Waals surface area contributed by atoms with Crippen molar-refractivity contribution >= 4 is 17.8 Å². The van der Waals surface area contributed by atoms with Crippen LogP contribution in [0, 0.1) is 13.8 Å². The van der Waals surface area contributed by atoms with Gasteiger partial charge in [0.2, 0.25) is 0 Å². The van der Waals surface area contributed by atoms with Crippen molar-refractivity contribution in [3.63, 3.8) is 0 Å². The molecule has 0 fully saturated rings. The number of hydrogen-bond acceptors (Lipinski definition) is 5. The summed E-state index contributed by atoms with van der Waals surface area (Å²) >= 11 is 0. The van der Waals surface area contributed by atoms with Crippen molar-refractivity contribution in [3.8, 4) is 5.75 Å². The number of benzene rings is 2. The first kappa shape index (κ1) is 18.6. The zero-order valence-electron chi connectivity index (χ0n) is 15.5. The van der Waals surface area contributed by atoms with E-state index in [0.29, 0.717) is 16.9 Å². The van der Waals surface area contributed by atoms with Gasteiger partial charge in [0.05, 0.1) is 11.1 Å². The number of esters is 1. The highest BCUT2D eigenvalue weighted by molar-refractivity contribution is 6.22. The summed E-state index contributed by atoms with van der Waals surface area (Å²) in [5, 5.41) is 0. The van der Waals surface area contributed by atoms with Crippen LogP contribution in [0.2, 0.25) is 0 Å². The predicted molar refractivity (Wildman–Crippen MR) is 98.8 cm³/mol. The lowest BCUT2D eigenvalue weighted by Gasteiger charge is -2.20. The third kappa shape index (κ3) is 3.84. The Bertz CT molecular complexity index is 905. The first-order chi connectivity index (χ1) is 12.9. The van der Waals surface area contributed by atoms with Gasteiger partial charge < -0.3 is 9.47 Å². The highest BCUT2D eigenvalue weighted by atomic mass is 16.6. The lowest BCUT2D eigenvalue weighted by Crippen LogP contribution is -2.44. The molecule has 0 saturated carbocycles. The molecule has 1 unspecified atom stereocenters. The van der Waals surface area contributed by atoms with Crippen molar-refractivity contribution in [3.05, 3.63) is 64.7 Å². The van der Waals surface area contributed by atoms with Crippen molar-refractivity contribution in [2.45, 2.75) is 26.8 Å². The Morgan fingerprint density at radius 2 is 1.67 bits per heavy atom. The first-order valence-corrected chi connectivity index (χ1v) is 8.73. The highest BCUT2D eigenvalue weighted by Gasteiger charge is 2.41. The molecule has 140 valence electrons. The molecule has 0 N–H and O–H groups in total. The molecule has 1 atom stereocenters. The summed E-state index contributed by atoms with van der Waals surface area (Å²) in [5.74, 6) is -0.904. The topological polar surface area (TPSA) is 72.9 Å². The second kappa shape index (κ2) is 7.61. The monoisotopic (exact) mass is 367 g/mol. The Balaban J connectivity index is 1.56. The predicted octanol–water partition coefficient (Wildman–Crippen LogP) is 2.91. The van der Waals surface area contributed by atoms with Crippen molar-refractivity contribution in [2.75, 3.05) is 13.2 Å². The number of carbonyl (C=O) groups excluding carboxylic acids is 3. The molecule has 6 heteroatoms. The van der Waals surface area contributed by atoms with E-state index in [0.717, 1.165) is 16.0 Å². The van der Waals surface area contributed by atoms with E-state index in [4.69, 9.17) is 9.47 Å². The number of amides is 2. The van der Waals surface area contributed by atoms with Crippen molar-refractivity contribution in [1.82, 2.24) is 4.90 Å². The van der Waals surface area contributed by atoms with E-state index in [2.05, 4.69) is 0 Å². The van der Waals surface area contributed by atoms with Gasteiger partial charge in [-0.05, 0) is 50.6 Å². The van der Waals surface area contributed by atoms with Crippen LogP contribution in [0.1, 0.15) is 38.8 Å². The summed E-state index contributed by atoms with van der Waals surface area (Å²) in [6, 6.07) is 11.6. The highest BCUT2D eigenvalue weighted by Crippen LogP contribution is 2.26. The number of aryl methyl sites for hydroxylation is 2. The van der Waals surface area contributed by atoms with Gasteiger partial charge in [-0.15, -0.1) is 0 Å². The molecule has 0 spiro atoms. The molecule has 2 aromatic rings. The minimum absolute atomic E-state index is 0.0272. The fraction of sp³-hybridized carbons (Fsp3) is 0.286. The van der Waals surface area contributed by atoms with E-state index in [9.17, 15) is 14.4 Å². The van der Waals surface area contributed by atoms with Gasteiger partial charge in [0.15, 0.2) is 0 Å². The summed E-state index contributed by atoms with van der Waals surface area (Å²) < 4.78 is 10.7. The van der Waals surface area contributed by atoms with Crippen LogP contribution in [0.5, 0.6) is 5.75 Å². The van der Waals surface area contributed by atoms with Gasteiger partial charge in [-0.3, -0.25) is 14.5 Å². The Morgan fingerprint density at radius 1 is 0.963 bits per heavy atom. The molecule has 1 heterocycles. The van der Waals surface area contributed by atoms with E-state index >= 15 is 0 Å². The maximum absolute atomic E-state index is 12.5. The molecule has 0 radical (unpaired) electrons. The van der Waals surface area contributed by atoms with Gasteiger partial charge >= 0.3 is 5.97 Å². The molecule has 3 rings (SSSR count). The average molecular weight is 367 g/mol. The number of imide groups is 1. The van der Waals surface area contributed by atoms with Crippen LogP contribution in [-0.2, 0) is 9.53 Å². The molecule has 0 aliphatic carbocycles. The fourth-order valence-corrected chi connectivity index (χ4v) is 2.96. The molecule has 27 heavy (non-hydrogen) atoms. The summed E-state index contributed by atoms with van der Waals surface area (Å²) in [4.78, 5) is 38.2. The zero-order chi connectivity index (χ0) is 19.6. The Labute approximate surface area is 157 Å². The van der Waals surface area contributed by atoms with Crippen LogP contribution in [0.4, 0.5) is 0 Å². The van der Waals surface area contributed by atoms with Gasteiger partial charge in [-0.1, -0.05) is 23.8 Å². The minimum Gasteiger partial charge on any atom is -0.490 e. The zero-order valence-corrected chi connectivity index (χ0v) is 15.5. The van der Waals surface area contributed by atoms with Crippen LogP contribution in [0.3, 0.4) is 0 Å². The van der Waals surface area contributed by atoms with Crippen molar-refractivity contribution < 1.29 is 23.9 Å². The summed E-state index contributed by atoms with van der Waals surface area (Å²) in [6.07, 6.45) is 0. The molecule has 1 aliphatic heterocycles. The van der Waals surface area contributed by atoms with E-state index in [-0.39, 0.29) is 13.2 Å². The molecule has 2 amide bonds.